The van der Waals surface area contributed by atoms with Crippen LogP contribution >= 0.6 is 0 Å². The van der Waals surface area contributed by atoms with Gasteiger partial charge >= 0.3 is 0 Å². The van der Waals surface area contributed by atoms with Gasteiger partial charge in [-0.05, 0) is 38.3 Å². The van der Waals surface area contributed by atoms with Crippen LogP contribution in [-0.4, -0.2) is 27.9 Å². The van der Waals surface area contributed by atoms with Crippen molar-refractivity contribution in [2.24, 2.45) is 11.3 Å². The molecular formula is C14H28N4. The van der Waals surface area contributed by atoms with Crippen LogP contribution in [-0.2, 0) is 6.42 Å². The van der Waals surface area contributed by atoms with Crippen LogP contribution in [0.5, 0.6) is 0 Å². The van der Waals surface area contributed by atoms with Gasteiger partial charge in [0.2, 0.25) is 0 Å². The van der Waals surface area contributed by atoms with Crippen LogP contribution in [0.25, 0.3) is 0 Å². The van der Waals surface area contributed by atoms with Crippen LogP contribution in [0.2, 0.25) is 0 Å². The molecule has 0 aliphatic rings. The van der Waals surface area contributed by atoms with Crippen molar-refractivity contribution in [3.05, 3.63) is 12.2 Å². The highest BCUT2D eigenvalue weighted by molar-refractivity contribution is 4.92. The Kier molecular flexibility index (Phi) is 5.32. The summed E-state index contributed by atoms with van der Waals surface area (Å²) in [5.41, 5.74) is 0.274. The van der Waals surface area contributed by atoms with Gasteiger partial charge in [0, 0.05) is 12.5 Å². The fourth-order valence-electron chi connectivity index (χ4n) is 2.08. The molecule has 0 radical (unpaired) electrons. The summed E-state index contributed by atoms with van der Waals surface area (Å²) < 4.78 is 2.03. The van der Waals surface area contributed by atoms with Gasteiger partial charge in [-0.1, -0.05) is 27.7 Å². The average molecular weight is 252 g/mol. The van der Waals surface area contributed by atoms with Crippen LogP contribution < -0.4 is 5.32 Å². The number of rotatable bonds is 6. The van der Waals surface area contributed by atoms with Crippen molar-refractivity contribution in [2.75, 3.05) is 13.1 Å². The van der Waals surface area contributed by atoms with E-state index in [1.807, 2.05) is 4.68 Å². The quantitative estimate of drug-likeness (QED) is 0.846. The van der Waals surface area contributed by atoms with E-state index in [4.69, 9.17) is 0 Å². The predicted octanol–water partition coefficient (Wildman–Crippen LogP) is 2.67. The van der Waals surface area contributed by atoms with Gasteiger partial charge in [-0.25, -0.2) is 9.67 Å². The van der Waals surface area contributed by atoms with Gasteiger partial charge in [-0.15, -0.1) is 0 Å². The van der Waals surface area contributed by atoms with E-state index in [0.29, 0.717) is 12.0 Å². The fraction of sp³-hybridized carbons (Fsp3) is 0.857. The average Bonchev–Trinajstić information content (AvgIpc) is 2.70. The molecule has 1 atom stereocenters. The molecule has 0 saturated heterocycles. The van der Waals surface area contributed by atoms with E-state index >= 15 is 0 Å². The first kappa shape index (κ1) is 15.2. The molecule has 18 heavy (non-hydrogen) atoms. The summed E-state index contributed by atoms with van der Waals surface area (Å²) >= 11 is 0. The Morgan fingerprint density at radius 3 is 2.50 bits per heavy atom. The van der Waals surface area contributed by atoms with E-state index in [9.17, 15) is 0 Å². The SMILES string of the molecule is CCNCC(Cc1ncnn1C(C)C)C(C)(C)C. The molecule has 104 valence electrons. The van der Waals surface area contributed by atoms with E-state index in [1.54, 1.807) is 6.33 Å². The fourth-order valence-corrected chi connectivity index (χ4v) is 2.08. The molecule has 1 N–H and O–H groups in total. The van der Waals surface area contributed by atoms with Crippen molar-refractivity contribution in [1.29, 1.82) is 0 Å². The highest BCUT2D eigenvalue weighted by Gasteiger charge is 2.26. The Morgan fingerprint density at radius 2 is 2.00 bits per heavy atom. The Balaban J connectivity index is 2.79. The smallest absolute Gasteiger partial charge is 0.138 e. The first-order chi connectivity index (χ1) is 8.36. The van der Waals surface area contributed by atoms with E-state index in [1.165, 1.54) is 0 Å². The van der Waals surface area contributed by atoms with Gasteiger partial charge in [0.05, 0.1) is 0 Å². The molecule has 1 rings (SSSR count). The first-order valence-electron chi connectivity index (χ1n) is 6.95. The largest absolute Gasteiger partial charge is 0.317 e. The molecule has 1 heterocycles. The lowest BCUT2D eigenvalue weighted by molar-refractivity contribution is 0.225. The van der Waals surface area contributed by atoms with E-state index in [0.717, 1.165) is 25.3 Å². The van der Waals surface area contributed by atoms with E-state index in [2.05, 4.69) is 56.9 Å². The molecule has 0 bridgehead atoms. The molecule has 0 fully saturated rings. The maximum atomic E-state index is 4.42. The second kappa shape index (κ2) is 6.32. The lowest BCUT2D eigenvalue weighted by Crippen LogP contribution is -2.34. The summed E-state index contributed by atoms with van der Waals surface area (Å²) in [6, 6.07) is 0.377. The van der Waals surface area contributed by atoms with Crippen LogP contribution in [0.15, 0.2) is 6.33 Å². The topological polar surface area (TPSA) is 42.7 Å². The van der Waals surface area contributed by atoms with Gasteiger partial charge in [0.15, 0.2) is 0 Å². The zero-order valence-corrected chi connectivity index (χ0v) is 12.7. The minimum atomic E-state index is 0.274. The third-order valence-electron chi connectivity index (χ3n) is 3.43. The monoisotopic (exact) mass is 252 g/mol. The van der Waals surface area contributed by atoms with Crippen molar-refractivity contribution in [2.45, 2.75) is 54.0 Å². The van der Waals surface area contributed by atoms with Gasteiger partial charge in [0.1, 0.15) is 12.2 Å². The molecule has 1 unspecified atom stereocenters. The molecule has 0 aliphatic carbocycles. The lowest BCUT2D eigenvalue weighted by atomic mass is 9.78. The van der Waals surface area contributed by atoms with Crippen LogP contribution in [0.4, 0.5) is 0 Å². The lowest BCUT2D eigenvalue weighted by Gasteiger charge is -2.31. The third kappa shape index (κ3) is 4.09. The summed E-state index contributed by atoms with van der Waals surface area (Å²) in [5, 5.41) is 7.77. The van der Waals surface area contributed by atoms with Gasteiger partial charge in [-0.3, -0.25) is 0 Å². The van der Waals surface area contributed by atoms with Crippen molar-refractivity contribution in [3.63, 3.8) is 0 Å². The maximum Gasteiger partial charge on any atom is 0.138 e. The summed E-state index contributed by atoms with van der Waals surface area (Å²) in [5.74, 6) is 1.67. The summed E-state index contributed by atoms with van der Waals surface area (Å²) in [6.07, 6.45) is 2.65. The summed E-state index contributed by atoms with van der Waals surface area (Å²) in [7, 11) is 0. The zero-order valence-electron chi connectivity index (χ0n) is 12.7. The van der Waals surface area contributed by atoms with Crippen molar-refractivity contribution in [3.8, 4) is 0 Å². The number of nitrogens with one attached hydrogen (secondary N) is 1. The van der Waals surface area contributed by atoms with E-state index in [-0.39, 0.29) is 5.41 Å². The second-order valence-electron chi connectivity index (χ2n) is 6.29. The molecule has 4 nitrogen and oxygen atoms in total. The molecule has 0 spiro atoms. The normalized spacial score (nSPS) is 14.2. The Morgan fingerprint density at radius 1 is 1.33 bits per heavy atom. The van der Waals surface area contributed by atoms with Crippen LogP contribution in [0.3, 0.4) is 0 Å². The number of hydrogen-bond donors (Lipinski definition) is 1. The minimum absolute atomic E-state index is 0.274. The number of nitrogens with zero attached hydrogens (tertiary/aromatic N) is 3. The van der Waals surface area contributed by atoms with E-state index < -0.39 is 0 Å². The first-order valence-corrected chi connectivity index (χ1v) is 6.95. The van der Waals surface area contributed by atoms with Crippen molar-refractivity contribution < 1.29 is 0 Å². The van der Waals surface area contributed by atoms with Gasteiger partial charge in [-0.2, -0.15) is 5.10 Å². The molecule has 0 aromatic carbocycles. The van der Waals surface area contributed by atoms with Crippen molar-refractivity contribution in [1.82, 2.24) is 20.1 Å². The number of hydrogen-bond acceptors (Lipinski definition) is 3. The van der Waals surface area contributed by atoms with Crippen LogP contribution in [0, 0.1) is 11.3 Å². The second-order valence-corrected chi connectivity index (χ2v) is 6.29. The molecule has 1 aromatic rings. The van der Waals surface area contributed by atoms with Crippen LogP contribution in [0.1, 0.15) is 53.4 Å². The predicted molar refractivity (Wildman–Crippen MR) is 75.6 cm³/mol. The molecule has 1 aromatic heterocycles. The highest BCUT2D eigenvalue weighted by atomic mass is 15.3. The maximum absolute atomic E-state index is 4.42. The minimum Gasteiger partial charge on any atom is -0.317 e. The Labute approximate surface area is 111 Å². The Bertz CT molecular complexity index is 349. The zero-order chi connectivity index (χ0) is 13.8. The molecule has 4 heteroatoms. The molecule has 0 amide bonds. The number of aromatic nitrogens is 3. The Hall–Kier alpha value is -0.900. The standard InChI is InChI=1S/C14H28N4/c1-7-15-9-12(14(4,5)6)8-13-16-10-17-18(13)11(2)3/h10-12,15H,7-9H2,1-6H3. The van der Waals surface area contributed by atoms with Gasteiger partial charge < -0.3 is 5.32 Å². The van der Waals surface area contributed by atoms with Gasteiger partial charge in [0.25, 0.3) is 0 Å². The third-order valence-corrected chi connectivity index (χ3v) is 3.43. The highest BCUT2D eigenvalue weighted by Crippen LogP contribution is 2.28. The van der Waals surface area contributed by atoms with Crippen molar-refractivity contribution >= 4 is 0 Å². The summed E-state index contributed by atoms with van der Waals surface area (Å²) in [6.45, 7) is 15.4. The molecule has 0 saturated carbocycles. The summed E-state index contributed by atoms with van der Waals surface area (Å²) in [4.78, 5) is 4.42. The molecular weight excluding hydrogens is 224 g/mol. The molecule has 0 aliphatic heterocycles.